The molecule has 0 unspecified atom stereocenters. The molecule has 2 aromatic rings. The van der Waals surface area contributed by atoms with Gasteiger partial charge in [0.05, 0.1) is 18.5 Å². The summed E-state index contributed by atoms with van der Waals surface area (Å²) in [5.74, 6) is -0.218. The number of alkyl carbamates (subject to hydrolysis) is 1. The fraction of sp³-hybridized carbons (Fsp3) is 0.286. The molecule has 6 nitrogen and oxygen atoms in total. The van der Waals surface area contributed by atoms with Gasteiger partial charge in [-0.05, 0) is 48.9 Å². The van der Waals surface area contributed by atoms with Gasteiger partial charge in [0, 0.05) is 5.56 Å². The Bertz CT molecular complexity index is 838. The molecule has 0 aliphatic heterocycles. The molecule has 148 valence electrons. The van der Waals surface area contributed by atoms with Crippen molar-refractivity contribution in [3.63, 3.8) is 0 Å². The van der Waals surface area contributed by atoms with Crippen LogP contribution in [-0.4, -0.2) is 30.5 Å². The number of thioether (sulfide) groups is 1. The summed E-state index contributed by atoms with van der Waals surface area (Å²) in [6.45, 7) is 2.14. The lowest BCUT2D eigenvalue weighted by molar-refractivity contribution is 0.102. The van der Waals surface area contributed by atoms with Crippen LogP contribution >= 0.6 is 11.8 Å². The number of nitrogens with zero attached hydrogens (tertiary/aromatic N) is 1. The summed E-state index contributed by atoms with van der Waals surface area (Å²) in [4.78, 5) is 28.6. The Labute approximate surface area is 169 Å². The lowest BCUT2D eigenvalue weighted by atomic mass is 10.1. The second kappa shape index (κ2) is 11.1. The Morgan fingerprint density at radius 1 is 1.14 bits per heavy atom. The Morgan fingerprint density at radius 2 is 1.89 bits per heavy atom. The predicted molar refractivity (Wildman–Crippen MR) is 116 cm³/mol. The van der Waals surface area contributed by atoms with Gasteiger partial charge in [0.2, 0.25) is 0 Å². The molecule has 0 aromatic heterocycles. The highest BCUT2D eigenvalue weighted by atomic mass is 32.2. The van der Waals surface area contributed by atoms with Gasteiger partial charge in [-0.1, -0.05) is 49.4 Å². The lowest BCUT2D eigenvalue weighted by Crippen LogP contribution is -2.27. The highest BCUT2D eigenvalue weighted by molar-refractivity contribution is 8.13. The van der Waals surface area contributed by atoms with E-state index in [2.05, 4.69) is 27.3 Å². The first-order valence-electron chi connectivity index (χ1n) is 9.04. The normalized spacial score (nSPS) is 11.0. The molecule has 0 fully saturated rings. The molecule has 0 atom stereocenters. The van der Waals surface area contributed by atoms with Crippen molar-refractivity contribution in [1.82, 2.24) is 5.32 Å². The zero-order chi connectivity index (χ0) is 20.4. The van der Waals surface area contributed by atoms with Crippen LogP contribution in [0.1, 0.15) is 35.7 Å². The maximum absolute atomic E-state index is 12.5. The number of carbonyl (C=O) groups is 2. The third kappa shape index (κ3) is 6.42. The number of ether oxygens (including phenoxy) is 1. The maximum atomic E-state index is 12.5. The van der Waals surface area contributed by atoms with Crippen LogP contribution in [0.2, 0.25) is 0 Å². The molecule has 0 saturated heterocycles. The summed E-state index contributed by atoms with van der Waals surface area (Å²) >= 11 is 1.28. The second-order valence-electron chi connectivity index (χ2n) is 6.01. The van der Waals surface area contributed by atoms with E-state index in [-0.39, 0.29) is 5.91 Å². The Balaban J connectivity index is 2.35. The fourth-order valence-corrected chi connectivity index (χ4v) is 2.84. The van der Waals surface area contributed by atoms with Crippen molar-refractivity contribution >= 4 is 40.3 Å². The van der Waals surface area contributed by atoms with Crippen molar-refractivity contribution in [2.75, 3.05) is 18.7 Å². The number of benzene rings is 2. The standard InChI is InChI=1S/C21H25N3O3S/c1-4-5-9-15-12-13-17(22-19(25)16-10-7-6-8-11-16)18(14-15)23-20(28-3)24-21(26)27-2/h6-8,10-14H,4-5,9H2,1-3H3,(H,22,25)(H,23,24,26). The Kier molecular flexibility index (Phi) is 8.55. The van der Waals surface area contributed by atoms with Crippen LogP contribution in [0.5, 0.6) is 0 Å². The number of amidine groups is 1. The second-order valence-corrected chi connectivity index (χ2v) is 6.81. The van der Waals surface area contributed by atoms with E-state index in [1.165, 1.54) is 18.9 Å². The van der Waals surface area contributed by atoms with Gasteiger partial charge in [-0.3, -0.25) is 10.1 Å². The van der Waals surface area contributed by atoms with Crippen LogP contribution < -0.4 is 10.6 Å². The number of hydrogen-bond acceptors (Lipinski definition) is 5. The molecule has 0 radical (unpaired) electrons. The van der Waals surface area contributed by atoms with E-state index >= 15 is 0 Å². The molecule has 28 heavy (non-hydrogen) atoms. The van der Waals surface area contributed by atoms with Crippen molar-refractivity contribution in [1.29, 1.82) is 0 Å². The minimum atomic E-state index is -0.592. The molecule has 0 spiro atoms. The van der Waals surface area contributed by atoms with Gasteiger partial charge in [-0.25, -0.2) is 9.79 Å². The summed E-state index contributed by atoms with van der Waals surface area (Å²) < 4.78 is 4.64. The summed E-state index contributed by atoms with van der Waals surface area (Å²) in [6.07, 6.45) is 4.29. The smallest absolute Gasteiger partial charge is 0.412 e. The molecule has 2 aromatic carbocycles. The van der Waals surface area contributed by atoms with Crippen LogP contribution in [-0.2, 0) is 11.2 Å². The molecule has 0 aliphatic carbocycles. The number of rotatable bonds is 6. The van der Waals surface area contributed by atoms with Gasteiger partial charge in [0.1, 0.15) is 0 Å². The average Bonchev–Trinajstić information content (AvgIpc) is 2.73. The highest BCUT2D eigenvalue weighted by Gasteiger charge is 2.12. The average molecular weight is 400 g/mol. The largest absolute Gasteiger partial charge is 0.453 e. The third-order valence-electron chi connectivity index (χ3n) is 3.98. The van der Waals surface area contributed by atoms with Crippen LogP contribution in [0, 0.1) is 0 Å². The molecule has 2 rings (SSSR count). The molecule has 0 aliphatic rings. The van der Waals surface area contributed by atoms with E-state index in [0.717, 1.165) is 24.8 Å². The summed E-state index contributed by atoms with van der Waals surface area (Å²) in [7, 11) is 1.30. The van der Waals surface area contributed by atoms with Crippen LogP contribution in [0.4, 0.5) is 16.2 Å². The van der Waals surface area contributed by atoms with E-state index in [1.54, 1.807) is 18.4 Å². The van der Waals surface area contributed by atoms with Gasteiger partial charge in [0.25, 0.3) is 5.91 Å². The number of aliphatic imine (C=N–C) groups is 1. The number of anilines is 1. The fourth-order valence-electron chi connectivity index (χ4n) is 2.47. The molecular formula is C21H25N3O3S. The first-order chi connectivity index (χ1) is 13.6. The van der Waals surface area contributed by atoms with Crippen molar-refractivity contribution in [3.8, 4) is 0 Å². The predicted octanol–water partition coefficient (Wildman–Crippen LogP) is 4.99. The zero-order valence-corrected chi connectivity index (χ0v) is 17.1. The van der Waals surface area contributed by atoms with E-state index < -0.39 is 6.09 Å². The van der Waals surface area contributed by atoms with Crippen LogP contribution in [0.15, 0.2) is 53.5 Å². The highest BCUT2D eigenvalue weighted by Crippen LogP contribution is 2.28. The summed E-state index contributed by atoms with van der Waals surface area (Å²) in [6, 6.07) is 14.8. The minimum Gasteiger partial charge on any atom is -0.453 e. The van der Waals surface area contributed by atoms with Gasteiger partial charge in [-0.2, -0.15) is 0 Å². The number of unbranched alkanes of at least 4 members (excludes halogenated alkanes) is 1. The molecule has 0 heterocycles. The molecular weight excluding hydrogens is 374 g/mol. The number of hydrogen-bond donors (Lipinski definition) is 2. The van der Waals surface area contributed by atoms with E-state index in [4.69, 9.17) is 0 Å². The number of nitrogens with one attached hydrogen (secondary N) is 2. The van der Waals surface area contributed by atoms with Gasteiger partial charge >= 0.3 is 6.09 Å². The lowest BCUT2D eigenvalue weighted by Gasteiger charge is -2.12. The minimum absolute atomic E-state index is 0.218. The molecule has 0 saturated carbocycles. The van der Waals surface area contributed by atoms with Crippen LogP contribution in [0.3, 0.4) is 0 Å². The molecule has 7 heteroatoms. The van der Waals surface area contributed by atoms with E-state index in [1.807, 2.05) is 36.4 Å². The Hall–Kier alpha value is -2.80. The van der Waals surface area contributed by atoms with Crippen molar-refractivity contribution < 1.29 is 14.3 Å². The quantitative estimate of drug-likeness (QED) is 0.530. The number of amides is 2. The Morgan fingerprint density at radius 3 is 2.54 bits per heavy atom. The zero-order valence-electron chi connectivity index (χ0n) is 16.3. The SMILES string of the molecule is CCCCc1ccc(NC(=O)c2ccccc2)c(N=C(NC(=O)OC)SC)c1. The first-order valence-corrected chi connectivity index (χ1v) is 10.3. The first kappa shape index (κ1) is 21.5. The van der Waals surface area contributed by atoms with Crippen molar-refractivity contribution in [2.24, 2.45) is 4.99 Å². The van der Waals surface area contributed by atoms with Crippen molar-refractivity contribution in [2.45, 2.75) is 26.2 Å². The van der Waals surface area contributed by atoms with Gasteiger partial charge < -0.3 is 10.1 Å². The third-order valence-corrected chi connectivity index (χ3v) is 4.56. The monoisotopic (exact) mass is 399 g/mol. The topological polar surface area (TPSA) is 79.8 Å². The van der Waals surface area contributed by atoms with E-state index in [0.29, 0.717) is 22.1 Å². The molecule has 0 bridgehead atoms. The summed E-state index contributed by atoms with van der Waals surface area (Å²) in [5, 5.41) is 5.87. The number of aryl methyl sites for hydroxylation is 1. The molecule has 2 N–H and O–H groups in total. The maximum Gasteiger partial charge on any atom is 0.412 e. The van der Waals surface area contributed by atoms with Gasteiger partial charge in [0.15, 0.2) is 5.17 Å². The number of methoxy groups -OCH3 is 1. The van der Waals surface area contributed by atoms with Gasteiger partial charge in [-0.15, -0.1) is 0 Å². The van der Waals surface area contributed by atoms with Crippen molar-refractivity contribution in [3.05, 3.63) is 59.7 Å². The number of carbonyl (C=O) groups excluding carboxylic acids is 2. The summed E-state index contributed by atoms with van der Waals surface area (Å²) in [5.41, 5.74) is 2.84. The molecule has 2 amide bonds. The van der Waals surface area contributed by atoms with E-state index in [9.17, 15) is 9.59 Å². The van der Waals surface area contributed by atoms with Crippen LogP contribution in [0.25, 0.3) is 0 Å².